The Balaban J connectivity index is 0.000000324. The van der Waals surface area contributed by atoms with Crippen molar-refractivity contribution >= 4 is 92.8 Å². The molecule has 7 fully saturated rings. The van der Waals surface area contributed by atoms with Gasteiger partial charge in [0, 0.05) is 25.2 Å². The van der Waals surface area contributed by atoms with Gasteiger partial charge in [-0.1, -0.05) is 121 Å². The number of amides is 12. The average molecular weight is 1470 g/mol. The number of nitrogens with zero attached hydrogens (tertiary/aromatic N) is 2. The Labute approximate surface area is 606 Å². The molecule has 7 rings (SSSR count). The molecule has 0 aromatic rings. The van der Waals surface area contributed by atoms with Crippen LogP contribution in [0.5, 0.6) is 0 Å². The number of nitrogens with one attached hydrogen (secondary N) is 11. The monoisotopic (exact) mass is 1470 g/mol. The van der Waals surface area contributed by atoms with Gasteiger partial charge >= 0.3 is 12.2 Å². The fraction of sp³-hybridized carbons (Fsp3) is 0.803. The number of fused-ring (bicyclic) bond motifs is 2. The number of carbonyl (C=O) groups excluding carboxylic acids is 14. The van der Waals surface area contributed by atoms with Crippen molar-refractivity contribution in [3.05, 3.63) is 0 Å². The summed E-state index contributed by atoms with van der Waals surface area (Å²) in [5, 5.41) is 26.9. The first-order valence-electron chi connectivity index (χ1n) is 36.9. The number of hydrogen-bond acceptors (Lipinski definition) is 18. The minimum absolute atomic E-state index is 0.00486. The highest BCUT2D eigenvalue weighted by atomic mass is 32.2. The topological polar surface area (TPSA) is 430 Å². The first-order valence-corrected chi connectivity index (χ1v) is 38.8. The summed E-state index contributed by atoms with van der Waals surface area (Å²) in [5.74, 6) is -7.79. The van der Waals surface area contributed by atoms with Gasteiger partial charge in [-0.2, -0.15) is 0 Å². The van der Waals surface area contributed by atoms with Gasteiger partial charge in [-0.05, 0) is 130 Å². The van der Waals surface area contributed by atoms with Gasteiger partial charge in [0.2, 0.25) is 68.8 Å². The zero-order valence-corrected chi connectivity index (χ0v) is 63.8. The van der Waals surface area contributed by atoms with Gasteiger partial charge in [0.1, 0.15) is 42.3 Å². The molecule has 103 heavy (non-hydrogen) atoms. The van der Waals surface area contributed by atoms with Crippen LogP contribution in [0.1, 0.15) is 205 Å². The fourth-order valence-corrected chi connectivity index (χ4v) is 15.6. The normalized spacial score (nSPS) is 23.4. The Morgan fingerprint density at radius 3 is 1.27 bits per heavy atom. The lowest BCUT2D eigenvalue weighted by atomic mass is 9.82. The van der Waals surface area contributed by atoms with Crippen molar-refractivity contribution in [3.8, 4) is 0 Å². The number of carbonyl (C=O) groups is 14. The lowest BCUT2D eigenvalue weighted by molar-refractivity contribution is -0.146. The maximum absolute atomic E-state index is 14.6. The largest absolute Gasteiger partial charge is 0.453 e. The summed E-state index contributed by atoms with van der Waals surface area (Å²) in [6.07, 6.45) is 13.1. The van der Waals surface area contributed by atoms with Crippen molar-refractivity contribution < 1.29 is 85.0 Å². The van der Waals surface area contributed by atoms with Crippen molar-refractivity contribution in [1.82, 2.24) is 67.7 Å². The van der Waals surface area contributed by atoms with Gasteiger partial charge in [0.25, 0.3) is 11.8 Å². The Morgan fingerprint density at radius 2 is 0.883 bits per heavy atom. The summed E-state index contributed by atoms with van der Waals surface area (Å²) in [5.41, 5.74) is -2.56. The first kappa shape index (κ1) is 84.4. The molecular formula is C71H117N13O18S. The number of ether oxygens (including phenoxy) is 2. The molecule has 12 amide bonds. The van der Waals surface area contributed by atoms with Crippen LogP contribution >= 0.6 is 0 Å². The van der Waals surface area contributed by atoms with E-state index in [1.165, 1.54) is 11.8 Å². The van der Waals surface area contributed by atoms with Crippen molar-refractivity contribution in [1.29, 1.82) is 0 Å². The predicted octanol–water partition coefficient (Wildman–Crippen LogP) is 2.17. The van der Waals surface area contributed by atoms with E-state index < -0.39 is 170 Å². The number of likely N-dealkylation sites (tertiary alicyclic amines) is 2. The van der Waals surface area contributed by atoms with E-state index in [1.54, 1.807) is 46.4 Å². The summed E-state index contributed by atoms with van der Waals surface area (Å²) >= 11 is 0. The molecule has 0 bridgehead atoms. The highest BCUT2D eigenvalue weighted by molar-refractivity contribution is 7.88. The van der Waals surface area contributed by atoms with E-state index >= 15 is 0 Å². The number of rotatable bonds is 30. The van der Waals surface area contributed by atoms with E-state index in [0.717, 1.165) is 97.5 Å². The van der Waals surface area contributed by atoms with Crippen molar-refractivity contribution in [3.63, 3.8) is 0 Å². The standard InChI is InChI=1S/C36H59N7O10.C35H58N6O8S/c1-10-12-22(25(44)30(47)38-20-15-16-20)39-29(46)24-21-14-11-13-19(21)18-43(24)32(49)27(36(5,6)7)42-31(48)26(35(2,3)4)41-28(45)23(40-34(51)53-9)17-37-33(50)52-8;1-7-12-25(28(42)33(46)36-23-17-18-23)37-32(45)27-24-16-11-15-22(24)19-41(27)34(47)29(35(3,4)5)39-31(44)26(21-13-9-8-10-14-21)38-30(43)20(2)40-50(6,48)49/h19-24,26-27H,10-18H2,1-9H3,(H,37,50)(H,38,47)(H,39,46)(H,40,51)(H,41,45)(H,42,48);20-27,29,40H,7-19H2,1-6H3,(H,36,46)(H,37,45)(H,38,43)(H,39,44)/t19-,21-,22-,23-,24-,26+,27+;20-,22+,24+,25+,26+,27+,29-/m01/s1. The van der Waals surface area contributed by atoms with Gasteiger partial charge in [-0.3, -0.25) is 57.5 Å². The third kappa shape index (κ3) is 23.7. The van der Waals surface area contributed by atoms with E-state index in [1.807, 2.05) is 34.6 Å². The van der Waals surface area contributed by atoms with Crippen molar-refractivity contribution in [2.45, 2.75) is 278 Å². The van der Waals surface area contributed by atoms with E-state index in [4.69, 9.17) is 0 Å². The minimum Gasteiger partial charge on any atom is -0.453 e. The molecule has 32 heteroatoms. The molecular weight excluding hydrogens is 1350 g/mol. The van der Waals surface area contributed by atoms with Crippen LogP contribution in [0, 0.1) is 45.8 Å². The molecule has 5 aliphatic carbocycles. The van der Waals surface area contributed by atoms with Crippen molar-refractivity contribution in [2.24, 2.45) is 45.8 Å². The molecule has 14 atom stereocenters. The predicted molar refractivity (Wildman–Crippen MR) is 379 cm³/mol. The number of hydrogen-bond donors (Lipinski definition) is 11. The Bertz CT molecular complexity index is 3230. The van der Waals surface area contributed by atoms with Gasteiger partial charge in [0.05, 0.1) is 45.1 Å². The van der Waals surface area contributed by atoms with Crippen LogP contribution in [0.4, 0.5) is 9.59 Å². The molecule has 0 spiro atoms. The molecule has 0 aromatic heterocycles. The van der Waals surface area contributed by atoms with E-state index in [2.05, 4.69) is 67.4 Å². The van der Waals surface area contributed by atoms with Crippen LogP contribution in [-0.2, 0) is 77.0 Å². The van der Waals surface area contributed by atoms with E-state index in [-0.39, 0.29) is 67.6 Å². The zero-order chi connectivity index (χ0) is 76.8. The number of methoxy groups -OCH3 is 2. The summed E-state index contributed by atoms with van der Waals surface area (Å²) in [6.45, 7) is 21.3. The molecule has 2 heterocycles. The van der Waals surface area contributed by atoms with Crippen LogP contribution in [0.15, 0.2) is 0 Å². The zero-order valence-electron chi connectivity index (χ0n) is 63.0. The lowest BCUT2D eigenvalue weighted by Gasteiger charge is -2.39. The van der Waals surface area contributed by atoms with Crippen molar-refractivity contribution in [2.75, 3.05) is 40.1 Å². The summed E-state index contributed by atoms with van der Waals surface area (Å²) in [7, 11) is -1.45. The van der Waals surface area contributed by atoms with Crippen LogP contribution in [0.2, 0.25) is 0 Å². The molecule has 0 unspecified atom stereocenters. The Morgan fingerprint density at radius 1 is 0.466 bits per heavy atom. The second-order valence-electron chi connectivity index (χ2n) is 32.5. The minimum atomic E-state index is -3.68. The van der Waals surface area contributed by atoms with Crippen LogP contribution in [0.3, 0.4) is 0 Å². The number of alkyl carbamates (subject to hydrolysis) is 2. The van der Waals surface area contributed by atoms with Gasteiger partial charge in [-0.25, -0.2) is 22.7 Å². The summed E-state index contributed by atoms with van der Waals surface area (Å²) in [4.78, 5) is 190. The average Bonchev–Trinajstić information content (AvgIpc) is 1.60. The highest BCUT2D eigenvalue weighted by Crippen LogP contribution is 2.45. The lowest BCUT2D eigenvalue weighted by Crippen LogP contribution is -2.64. The molecule has 0 aromatic carbocycles. The number of sulfonamides is 1. The molecule has 7 aliphatic rings. The van der Waals surface area contributed by atoms with Gasteiger partial charge in [0.15, 0.2) is 0 Å². The van der Waals surface area contributed by atoms with E-state index in [0.29, 0.717) is 38.6 Å². The third-order valence-corrected chi connectivity index (χ3v) is 21.5. The molecule has 31 nitrogen and oxygen atoms in total. The van der Waals surface area contributed by atoms with Crippen LogP contribution < -0.4 is 57.9 Å². The Kier molecular flexibility index (Phi) is 29.9. The maximum atomic E-state index is 14.6. The quantitative estimate of drug-likeness (QED) is 0.0459. The molecule has 580 valence electrons. The van der Waals surface area contributed by atoms with Gasteiger partial charge < -0.3 is 72.4 Å². The molecule has 2 saturated heterocycles. The molecule has 11 N–H and O–H groups in total. The highest BCUT2D eigenvalue weighted by Gasteiger charge is 2.55. The smallest absolute Gasteiger partial charge is 0.407 e. The van der Waals surface area contributed by atoms with Crippen LogP contribution in [-0.4, -0.2) is 214 Å². The number of ketones is 2. The second-order valence-corrected chi connectivity index (χ2v) is 34.3. The summed E-state index contributed by atoms with van der Waals surface area (Å²) in [6, 6.07) is -10.8. The second kappa shape index (κ2) is 36.5. The first-order chi connectivity index (χ1) is 48.1. The molecule has 5 saturated carbocycles. The third-order valence-electron chi connectivity index (χ3n) is 20.7. The van der Waals surface area contributed by atoms with Gasteiger partial charge in [-0.15, -0.1) is 0 Å². The van der Waals surface area contributed by atoms with Crippen LogP contribution in [0.25, 0.3) is 0 Å². The Hall–Kier alpha value is -7.51. The number of Topliss-reactive ketones (excluding diaryl/α,β-unsaturated/α-hetero) is 2. The molecule has 2 aliphatic heterocycles. The maximum Gasteiger partial charge on any atom is 0.407 e. The van der Waals surface area contributed by atoms with E-state index in [9.17, 15) is 75.5 Å². The molecule has 0 radical (unpaired) electrons. The SMILES string of the molecule is CCC[C@H](NC(=O)[C@@H]1[C@H]2CCC[C@H]2CN1C(=O)[C@@H](NC(=O)[C@@H](NC(=O)[C@@H](C)NS(C)(=O)=O)C1CCCCC1)C(C)(C)C)C(=O)C(=O)NC1CC1.CCC[C@H](NC(=O)[C@@H]1[C@H]2CCC[C@H]2CN1C(=O)[C@@H](NC(=O)[C@@H](NC(=O)[C@H](CNC(=O)OC)NC(=O)OC)C(C)(C)C)C(C)(C)C)C(=O)C(=O)NC1CC1. The summed E-state index contributed by atoms with van der Waals surface area (Å²) < 4.78 is 35.0. The fourth-order valence-electron chi connectivity index (χ4n) is 14.8.